The second kappa shape index (κ2) is 5.99. The van der Waals surface area contributed by atoms with Gasteiger partial charge in [-0.2, -0.15) is 0 Å². The first-order valence-corrected chi connectivity index (χ1v) is 6.92. The SMILES string of the molecule is Cc1nc(CCNC(=O)c2cc(N)cnc2Cl)cs1. The molecule has 1 amide bonds. The second-order valence-electron chi connectivity index (χ2n) is 3.97. The van der Waals surface area contributed by atoms with Crippen LogP contribution in [0.4, 0.5) is 5.69 Å². The molecule has 2 aromatic heterocycles. The zero-order valence-electron chi connectivity index (χ0n) is 10.3. The molecule has 100 valence electrons. The van der Waals surface area contributed by atoms with Crippen LogP contribution in [0.3, 0.4) is 0 Å². The third kappa shape index (κ3) is 3.65. The molecule has 2 rings (SSSR count). The Kier molecular flexibility index (Phi) is 4.34. The van der Waals surface area contributed by atoms with Crippen LogP contribution < -0.4 is 11.1 Å². The van der Waals surface area contributed by atoms with Crippen LogP contribution in [0.1, 0.15) is 21.1 Å². The number of hydrogen-bond donors (Lipinski definition) is 2. The Morgan fingerprint density at radius 2 is 2.37 bits per heavy atom. The summed E-state index contributed by atoms with van der Waals surface area (Å²) in [4.78, 5) is 20.1. The number of hydrogen-bond acceptors (Lipinski definition) is 5. The van der Waals surface area contributed by atoms with Crippen molar-refractivity contribution in [2.75, 3.05) is 12.3 Å². The van der Waals surface area contributed by atoms with Crippen LogP contribution in [-0.4, -0.2) is 22.4 Å². The molecule has 3 N–H and O–H groups in total. The second-order valence-corrected chi connectivity index (χ2v) is 5.39. The van der Waals surface area contributed by atoms with Crippen molar-refractivity contribution in [1.82, 2.24) is 15.3 Å². The number of nitrogen functional groups attached to an aromatic ring is 1. The zero-order valence-corrected chi connectivity index (χ0v) is 11.9. The van der Waals surface area contributed by atoms with Gasteiger partial charge in [0.15, 0.2) is 0 Å². The Morgan fingerprint density at radius 3 is 3.05 bits per heavy atom. The van der Waals surface area contributed by atoms with Gasteiger partial charge in [0.05, 0.1) is 28.1 Å². The van der Waals surface area contributed by atoms with Crippen LogP contribution in [0.5, 0.6) is 0 Å². The predicted octanol–water partition coefficient (Wildman–Crippen LogP) is 2.05. The van der Waals surface area contributed by atoms with Gasteiger partial charge in [-0.15, -0.1) is 11.3 Å². The molecule has 0 aliphatic heterocycles. The molecule has 0 saturated carbocycles. The molecule has 2 heterocycles. The monoisotopic (exact) mass is 296 g/mol. The van der Waals surface area contributed by atoms with E-state index in [1.165, 1.54) is 12.3 Å². The number of thiazole rings is 1. The highest BCUT2D eigenvalue weighted by Gasteiger charge is 2.11. The predicted molar refractivity (Wildman–Crippen MR) is 76.5 cm³/mol. The van der Waals surface area contributed by atoms with E-state index < -0.39 is 0 Å². The standard InChI is InChI=1S/C12H13ClN4OS/c1-7-17-9(6-19-7)2-3-15-12(18)10-4-8(14)5-16-11(10)13/h4-6H,2-3,14H2,1H3,(H,15,18). The van der Waals surface area contributed by atoms with Crippen LogP contribution in [0.15, 0.2) is 17.6 Å². The summed E-state index contributed by atoms with van der Waals surface area (Å²) in [7, 11) is 0. The lowest BCUT2D eigenvalue weighted by molar-refractivity contribution is 0.0954. The van der Waals surface area contributed by atoms with Gasteiger partial charge in [-0.1, -0.05) is 11.6 Å². The van der Waals surface area contributed by atoms with Crippen molar-refractivity contribution in [2.24, 2.45) is 0 Å². The van der Waals surface area contributed by atoms with Gasteiger partial charge in [-0.3, -0.25) is 4.79 Å². The maximum absolute atomic E-state index is 11.9. The number of halogens is 1. The van der Waals surface area contributed by atoms with E-state index in [-0.39, 0.29) is 16.6 Å². The molecule has 0 bridgehead atoms. The Hall–Kier alpha value is -1.66. The van der Waals surface area contributed by atoms with Crippen molar-refractivity contribution in [3.63, 3.8) is 0 Å². The molecular formula is C12H13ClN4OS. The molecule has 0 saturated heterocycles. The van der Waals surface area contributed by atoms with Crippen LogP contribution >= 0.6 is 22.9 Å². The van der Waals surface area contributed by atoms with E-state index in [1.54, 1.807) is 11.3 Å². The molecule has 0 aliphatic rings. The largest absolute Gasteiger partial charge is 0.397 e. The number of nitrogens with two attached hydrogens (primary N) is 1. The van der Waals surface area contributed by atoms with E-state index in [9.17, 15) is 4.79 Å². The molecule has 7 heteroatoms. The normalized spacial score (nSPS) is 10.4. The lowest BCUT2D eigenvalue weighted by Gasteiger charge is -2.06. The molecule has 0 fully saturated rings. The fraction of sp³-hybridized carbons (Fsp3) is 0.250. The summed E-state index contributed by atoms with van der Waals surface area (Å²) in [6, 6.07) is 1.51. The first-order chi connectivity index (χ1) is 9.06. The van der Waals surface area contributed by atoms with Crippen molar-refractivity contribution in [2.45, 2.75) is 13.3 Å². The van der Waals surface area contributed by atoms with Crippen LogP contribution in [0.25, 0.3) is 0 Å². The van der Waals surface area contributed by atoms with Crippen molar-refractivity contribution in [3.8, 4) is 0 Å². The number of nitrogens with one attached hydrogen (secondary N) is 1. The van der Waals surface area contributed by atoms with Gasteiger partial charge in [0.25, 0.3) is 5.91 Å². The smallest absolute Gasteiger partial charge is 0.254 e. The first kappa shape index (κ1) is 13.8. The van der Waals surface area contributed by atoms with E-state index in [0.717, 1.165) is 10.7 Å². The van der Waals surface area contributed by atoms with Gasteiger partial charge >= 0.3 is 0 Å². The number of aryl methyl sites for hydroxylation is 1. The molecule has 19 heavy (non-hydrogen) atoms. The van der Waals surface area contributed by atoms with Crippen LogP contribution in [-0.2, 0) is 6.42 Å². The van der Waals surface area contributed by atoms with Gasteiger partial charge in [-0.05, 0) is 13.0 Å². The third-order valence-corrected chi connectivity index (χ3v) is 3.56. The van der Waals surface area contributed by atoms with E-state index in [1.807, 2.05) is 12.3 Å². The lowest BCUT2D eigenvalue weighted by atomic mass is 10.2. The van der Waals surface area contributed by atoms with Crippen LogP contribution in [0.2, 0.25) is 5.15 Å². The average Bonchev–Trinajstić information content (AvgIpc) is 2.78. The van der Waals surface area contributed by atoms with Gasteiger partial charge in [0, 0.05) is 18.3 Å². The Balaban J connectivity index is 1.92. The molecule has 5 nitrogen and oxygen atoms in total. The number of rotatable bonds is 4. The minimum absolute atomic E-state index is 0.149. The summed E-state index contributed by atoms with van der Waals surface area (Å²) in [5, 5.41) is 5.92. The molecule has 2 aromatic rings. The third-order valence-electron chi connectivity index (χ3n) is 2.44. The maximum Gasteiger partial charge on any atom is 0.254 e. The van der Waals surface area contributed by atoms with Gasteiger partial charge < -0.3 is 11.1 Å². The molecule has 0 atom stereocenters. The average molecular weight is 297 g/mol. The summed E-state index contributed by atoms with van der Waals surface area (Å²) >= 11 is 7.44. The summed E-state index contributed by atoms with van der Waals surface area (Å²) in [5.74, 6) is -0.281. The Bertz CT molecular complexity index is 599. The number of nitrogens with zero attached hydrogens (tertiary/aromatic N) is 2. The van der Waals surface area contributed by atoms with Crippen molar-refractivity contribution < 1.29 is 4.79 Å². The molecule has 0 unspecified atom stereocenters. The number of anilines is 1. The molecule has 0 spiro atoms. The highest BCUT2D eigenvalue weighted by molar-refractivity contribution is 7.09. The Morgan fingerprint density at radius 1 is 1.58 bits per heavy atom. The summed E-state index contributed by atoms with van der Waals surface area (Å²) in [5.41, 5.74) is 7.25. The number of amides is 1. The minimum Gasteiger partial charge on any atom is -0.397 e. The van der Waals surface area contributed by atoms with Crippen molar-refractivity contribution in [1.29, 1.82) is 0 Å². The molecule has 0 aromatic carbocycles. The van der Waals surface area contributed by atoms with Gasteiger partial charge in [0.1, 0.15) is 5.15 Å². The Labute approximate surface area is 119 Å². The first-order valence-electron chi connectivity index (χ1n) is 5.66. The summed E-state index contributed by atoms with van der Waals surface area (Å²) in [6.07, 6.45) is 2.10. The quantitative estimate of drug-likeness (QED) is 0.846. The van der Waals surface area contributed by atoms with E-state index in [0.29, 0.717) is 18.7 Å². The minimum atomic E-state index is -0.281. The molecule has 0 radical (unpaired) electrons. The van der Waals surface area contributed by atoms with Gasteiger partial charge in [-0.25, -0.2) is 9.97 Å². The van der Waals surface area contributed by atoms with Crippen molar-refractivity contribution in [3.05, 3.63) is 39.1 Å². The number of pyridine rings is 1. The number of carbonyl (C=O) groups excluding carboxylic acids is 1. The van der Waals surface area contributed by atoms with E-state index >= 15 is 0 Å². The highest BCUT2D eigenvalue weighted by Crippen LogP contribution is 2.15. The lowest BCUT2D eigenvalue weighted by Crippen LogP contribution is -2.26. The molecule has 0 aliphatic carbocycles. The molecular weight excluding hydrogens is 284 g/mol. The van der Waals surface area contributed by atoms with Crippen LogP contribution in [0, 0.1) is 6.92 Å². The van der Waals surface area contributed by atoms with Gasteiger partial charge in [0.2, 0.25) is 0 Å². The van der Waals surface area contributed by atoms with E-state index in [2.05, 4.69) is 15.3 Å². The number of carbonyl (C=O) groups is 1. The highest BCUT2D eigenvalue weighted by atomic mass is 35.5. The van der Waals surface area contributed by atoms with E-state index in [4.69, 9.17) is 17.3 Å². The zero-order chi connectivity index (χ0) is 13.8. The van der Waals surface area contributed by atoms with Crippen molar-refractivity contribution >= 4 is 34.5 Å². The topological polar surface area (TPSA) is 80.9 Å². The summed E-state index contributed by atoms with van der Waals surface area (Å²) < 4.78 is 0. The number of aromatic nitrogens is 2. The fourth-order valence-corrected chi connectivity index (χ4v) is 2.38. The fourth-order valence-electron chi connectivity index (χ4n) is 1.55. The maximum atomic E-state index is 11.9. The summed E-state index contributed by atoms with van der Waals surface area (Å²) in [6.45, 7) is 2.44.